The highest BCUT2D eigenvalue weighted by Gasteiger charge is 2.09. The summed E-state index contributed by atoms with van der Waals surface area (Å²) in [7, 11) is 4.19. The smallest absolute Gasteiger partial charge is 0.0786 e. The van der Waals surface area contributed by atoms with E-state index in [-0.39, 0.29) is 0 Å². The molecule has 0 saturated carbocycles. The van der Waals surface area contributed by atoms with Gasteiger partial charge in [-0.05, 0) is 33.1 Å². The molecule has 0 unspecified atom stereocenters. The Hall–Kier alpha value is -0.500. The normalized spacial score (nSPS) is 26.3. The number of hydrogen-bond acceptors (Lipinski definition) is 2. The molecule has 1 aliphatic heterocycles. The summed E-state index contributed by atoms with van der Waals surface area (Å²) in [5.74, 6) is 0. The molecule has 0 radical (unpaired) electrons. The van der Waals surface area contributed by atoms with E-state index < -0.39 is 0 Å². The average Bonchev–Trinajstić information content (AvgIpc) is 1.90. The predicted molar refractivity (Wildman–Crippen MR) is 39.0 cm³/mol. The van der Waals surface area contributed by atoms with E-state index in [1.54, 1.807) is 0 Å². The predicted octanol–water partition coefficient (Wildman–Crippen LogP) is 0.771. The van der Waals surface area contributed by atoms with Crippen LogP contribution < -0.4 is 5.32 Å². The molecule has 9 heavy (non-hydrogen) atoms. The van der Waals surface area contributed by atoms with Gasteiger partial charge in [-0.1, -0.05) is 6.08 Å². The van der Waals surface area contributed by atoms with Crippen LogP contribution in [0, 0.1) is 0 Å². The Labute approximate surface area is 56.5 Å². The van der Waals surface area contributed by atoms with E-state index in [0.29, 0.717) is 6.17 Å². The Morgan fingerprint density at radius 1 is 1.56 bits per heavy atom. The van der Waals surface area contributed by atoms with Crippen molar-refractivity contribution in [2.45, 2.75) is 19.0 Å². The van der Waals surface area contributed by atoms with Gasteiger partial charge in [-0.2, -0.15) is 0 Å². The number of rotatable bonds is 1. The van der Waals surface area contributed by atoms with Crippen LogP contribution in [0.25, 0.3) is 0 Å². The van der Waals surface area contributed by atoms with Gasteiger partial charge in [0.2, 0.25) is 0 Å². The van der Waals surface area contributed by atoms with Gasteiger partial charge in [0.1, 0.15) is 0 Å². The van der Waals surface area contributed by atoms with Crippen LogP contribution in [0.3, 0.4) is 0 Å². The first-order valence-electron chi connectivity index (χ1n) is 3.38. The fourth-order valence-corrected chi connectivity index (χ4v) is 1.01. The van der Waals surface area contributed by atoms with E-state index >= 15 is 0 Å². The molecule has 0 spiro atoms. The van der Waals surface area contributed by atoms with Crippen molar-refractivity contribution >= 4 is 0 Å². The molecule has 1 rings (SSSR count). The molecule has 0 aromatic heterocycles. The maximum absolute atomic E-state index is 3.26. The Kier molecular flexibility index (Phi) is 2.11. The second-order valence-electron chi connectivity index (χ2n) is 2.63. The molecule has 0 aromatic carbocycles. The lowest BCUT2D eigenvalue weighted by atomic mass is 10.2. The van der Waals surface area contributed by atoms with Crippen LogP contribution in [-0.2, 0) is 0 Å². The van der Waals surface area contributed by atoms with Crippen LogP contribution in [0.5, 0.6) is 0 Å². The van der Waals surface area contributed by atoms with Crippen molar-refractivity contribution in [1.82, 2.24) is 10.2 Å². The fraction of sp³-hybridized carbons (Fsp3) is 0.714. The zero-order chi connectivity index (χ0) is 6.69. The van der Waals surface area contributed by atoms with Crippen molar-refractivity contribution in [1.29, 1.82) is 0 Å². The second kappa shape index (κ2) is 2.87. The third kappa shape index (κ3) is 1.72. The first-order chi connectivity index (χ1) is 4.30. The zero-order valence-corrected chi connectivity index (χ0v) is 6.09. The van der Waals surface area contributed by atoms with Crippen LogP contribution in [0.4, 0.5) is 0 Å². The third-order valence-corrected chi connectivity index (χ3v) is 1.64. The van der Waals surface area contributed by atoms with Crippen molar-refractivity contribution in [3.63, 3.8) is 0 Å². The number of hydrogen-bond donors (Lipinski definition) is 1. The van der Waals surface area contributed by atoms with Gasteiger partial charge in [-0.3, -0.25) is 4.90 Å². The van der Waals surface area contributed by atoms with Crippen molar-refractivity contribution in [3.8, 4) is 0 Å². The molecule has 1 heterocycles. The lowest BCUT2D eigenvalue weighted by Gasteiger charge is -2.26. The highest BCUT2D eigenvalue weighted by Crippen LogP contribution is 2.04. The molecular formula is C7H14N2. The van der Waals surface area contributed by atoms with Crippen LogP contribution in [0.2, 0.25) is 0 Å². The van der Waals surface area contributed by atoms with Crippen molar-refractivity contribution < 1.29 is 0 Å². The Balaban J connectivity index is 2.35. The summed E-state index contributed by atoms with van der Waals surface area (Å²) >= 11 is 0. The summed E-state index contributed by atoms with van der Waals surface area (Å²) in [4.78, 5) is 2.20. The zero-order valence-electron chi connectivity index (χ0n) is 6.09. The van der Waals surface area contributed by atoms with Crippen LogP contribution >= 0.6 is 0 Å². The van der Waals surface area contributed by atoms with E-state index in [0.717, 1.165) is 0 Å². The quantitative estimate of drug-likeness (QED) is 0.558. The summed E-state index contributed by atoms with van der Waals surface area (Å²) < 4.78 is 0. The number of allylic oxidation sites excluding steroid dienone is 1. The Bertz CT molecular complexity index is 107. The van der Waals surface area contributed by atoms with Gasteiger partial charge in [-0.15, -0.1) is 0 Å². The number of nitrogens with one attached hydrogen (secondary N) is 1. The van der Waals surface area contributed by atoms with Gasteiger partial charge in [0.05, 0.1) is 6.17 Å². The molecule has 0 aromatic rings. The Morgan fingerprint density at radius 3 is 2.67 bits per heavy atom. The largest absolute Gasteiger partial charge is 0.376 e. The van der Waals surface area contributed by atoms with Gasteiger partial charge in [0.15, 0.2) is 0 Å². The lowest BCUT2D eigenvalue weighted by molar-refractivity contribution is 0.248. The summed E-state index contributed by atoms with van der Waals surface area (Å²) in [5.41, 5.74) is 0. The maximum atomic E-state index is 3.26. The average molecular weight is 126 g/mol. The van der Waals surface area contributed by atoms with E-state index in [1.165, 1.54) is 12.8 Å². The topological polar surface area (TPSA) is 15.3 Å². The van der Waals surface area contributed by atoms with Gasteiger partial charge in [-0.25, -0.2) is 0 Å². The highest BCUT2D eigenvalue weighted by molar-refractivity contribution is 4.88. The van der Waals surface area contributed by atoms with Crippen LogP contribution in [0.1, 0.15) is 12.8 Å². The van der Waals surface area contributed by atoms with Crippen LogP contribution in [0.15, 0.2) is 12.3 Å². The highest BCUT2D eigenvalue weighted by atomic mass is 15.2. The van der Waals surface area contributed by atoms with E-state index in [9.17, 15) is 0 Å². The van der Waals surface area contributed by atoms with Crippen molar-refractivity contribution in [2.24, 2.45) is 0 Å². The SMILES string of the molecule is CN(C)[C@@H]1CCC=CN1. The summed E-state index contributed by atoms with van der Waals surface area (Å²) in [5, 5.41) is 3.26. The van der Waals surface area contributed by atoms with Gasteiger partial charge in [0.25, 0.3) is 0 Å². The monoisotopic (exact) mass is 126 g/mol. The molecule has 2 heteroatoms. The maximum Gasteiger partial charge on any atom is 0.0786 e. The molecule has 1 N–H and O–H groups in total. The molecule has 0 saturated heterocycles. The van der Waals surface area contributed by atoms with Crippen molar-refractivity contribution in [2.75, 3.05) is 14.1 Å². The molecule has 2 nitrogen and oxygen atoms in total. The summed E-state index contributed by atoms with van der Waals surface area (Å²) in [6, 6.07) is 0. The minimum absolute atomic E-state index is 0.551. The molecule has 1 atom stereocenters. The van der Waals surface area contributed by atoms with Gasteiger partial charge >= 0.3 is 0 Å². The van der Waals surface area contributed by atoms with E-state index in [4.69, 9.17) is 0 Å². The summed E-state index contributed by atoms with van der Waals surface area (Å²) in [6.45, 7) is 0. The molecule has 52 valence electrons. The van der Waals surface area contributed by atoms with E-state index in [1.807, 2.05) is 6.20 Å². The lowest BCUT2D eigenvalue weighted by Crippen LogP contribution is -2.39. The van der Waals surface area contributed by atoms with Crippen LogP contribution in [-0.4, -0.2) is 25.2 Å². The summed E-state index contributed by atoms with van der Waals surface area (Å²) in [6.07, 6.45) is 7.18. The molecule has 0 fully saturated rings. The molecule has 0 bridgehead atoms. The third-order valence-electron chi connectivity index (χ3n) is 1.64. The molecule has 0 amide bonds. The fourth-order valence-electron chi connectivity index (χ4n) is 1.01. The second-order valence-corrected chi connectivity index (χ2v) is 2.63. The standard InChI is InChI=1S/C7H14N2/c1-9(2)7-5-3-4-6-8-7/h4,6-8H,3,5H2,1-2H3/t7-/m1/s1. The Morgan fingerprint density at radius 2 is 2.33 bits per heavy atom. The minimum Gasteiger partial charge on any atom is -0.376 e. The molecule has 0 aliphatic carbocycles. The first kappa shape index (κ1) is 6.62. The minimum atomic E-state index is 0.551. The van der Waals surface area contributed by atoms with E-state index in [2.05, 4.69) is 30.4 Å². The van der Waals surface area contributed by atoms with Gasteiger partial charge < -0.3 is 5.32 Å². The number of nitrogens with zero attached hydrogens (tertiary/aromatic N) is 1. The molecule has 1 aliphatic rings. The van der Waals surface area contributed by atoms with Gasteiger partial charge in [0, 0.05) is 0 Å². The first-order valence-corrected chi connectivity index (χ1v) is 3.38. The van der Waals surface area contributed by atoms with Crippen molar-refractivity contribution in [3.05, 3.63) is 12.3 Å². The molecular weight excluding hydrogens is 112 g/mol.